The molecular weight excluding hydrogens is 357 g/mol. The van der Waals surface area contributed by atoms with Gasteiger partial charge in [0.1, 0.15) is 5.82 Å². The van der Waals surface area contributed by atoms with E-state index in [2.05, 4.69) is 9.97 Å². The first kappa shape index (κ1) is 17.2. The van der Waals surface area contributed by atoms with Crippen LogP contribution in [0, 0.1) is 0 Å². The summed E-state index contributed by atoms with van der Waals surface area (Å²) in [6.07, 6.45) is -3.79. The molecule has 0 aliphatic rings. The third-order valence-electron chi connectivity index (χ3n) is 3.57. The zero-order chi connectivity index (χ0) is 18.4. The maximum Gasteiger partial charge on any atom is 0.416 e. The number of benzene rings is 2. The largest absolute Gasteiger partial charge is 0.416 e. The lowest BCUT2D eigenvalue weighted by atomic mass is 10.1. The van der Waals surface area contributed by atoms with Crippen LogP contribution in [0.25, 0.3) is 22.3 Å². The van der Waals surface area contributed by atoms with Gasteiger partial charge in [-0.1, -0.05) is 12.1 Å². The average Bonchev–Trinajstić information content (AvgIpc) is 2.52. The summed E-state index contributed by atoms with van der Waals surface area (Å²) in [6.45, 7) is 0. The van der Waals surface area contributed by atoms with Crippen LogP contribution in [0.15, 0.2) is 52.2 Å². The Morgan fingerprint density at radius 1 is 1.08 bits per heavy atom. The predicted octanol–water partition coefficient (Wildman–Crippen LogP) is 3.01. The van der Waals surface area contributed by atoms with Crippen LogP contribution in [0.3, 0.4) is 0 Å². The fourth-order valence-electron chi connectivity index (χ4n) is 2.43. The van der Waals surface area contributed by atoms with E-state index >= 15 is 0 Å². The van der Waals surface area contributed by atoms with Crippen molar-refractivity contribution >= 4 is 20.7 Å². The van der Waals surface area contributed by atoms with E-state index in [9.17, 15) is 26.4 Å². The van der Waals surface area contributed by atoms with Gasteiger partial charge in [-0.2, -0.15) is 13.2 Å². The van der Waals surface area contributed by atoms with Crippen molar-refractivity contribution in [1.29, 1.82) is 0 Å². The van der Waals surface area contributed by atoms with Crippen LogP contribution in [-0.4, -0.2) is 24.6 Å². The Kier molecular flexibility index (Phi) is 3.91. The van der Waals surface area contributed by atoms with Crippen molar-refractivity contribution in [2.24, 2.45) is 0 Å². The Morgan fingerprint density at radius 2 is 1.76 bits per heavy atom. The second-order valence-electron chi connectivity index (χ2n) is 5.41. The maximum atomic E-state index is 13.0. The number of para-hydroxylation sites is 1. The number of nitrogens with one attached hydrogen (secondary N) is 1. The average molecular weight is 368 g/mol. The number of alkyl halides is 3. The number of halogens is 3. The highest BCUT2D eigenvalue weighted by Crippen LogP contribution is 2.34. The number of aromatic nitrogens is 2. The van der Waals surface area contributed by atoms with Crippen LogP contribution in [-0.2, 0) is 16.0 Å². The van der Waals surface area contributed by atoms with Crippen LogP contribution in [0.2, 0.25) is 0 Å². The summed E-state index contributed by atoms with van der Waals surface area (Å²) in [7, 11) is -3.84. The normalized spacial score (nSPS) is 12.5. The molecule has 5 nitrogen and oxygen atoms in total. The van der Waals surface area contributed by atoms with E-state index in [1.54, 1.807) is 12.1 Å². The molecule has 0 unspecified atom stereocenters. The van der Waals surface area contributed by atoms with Crippen LogP contribution in [0.5, 0.6) is 0 Å². The first-order chi connectivity index (χ1) is 11.6. The van der Waals surface area contributed by atoms with Crippen LogP contribution < -0.4 is 5.56 Å². The molecule has 0 bridgehead atoms. The summed E-state index contributed by atoms with van der Waals surface area (Å²) < 4.78 is 62.9. The molecule has 0 fully saturated rings. The summed E-state index contributed by atoms with van der Waals surface area (Å²) in [6, 6.07) is 8.47. The van der Waals surface area contributed by atoms with Gasteiger partial charge in [0.25, 0.3) is 5.56 Å². The number of sulfone groups is 1. The van der Waals surface area contributed by atoms with Gasteiger partial charge in [0.2, 0.25) is 0 Å². The highest BCUT2D eigenvalue weighted by atomic mass is 32.2. The van der Waals surface area contributed by atoms with Gasteiger partial charge in [0, 0.05) is 11.8 Å². The Balaban J connectivity index is 2.37. The molecule has 1 aromatic heterocycles. The Morgan fingerprint density at radius 3 is 2.40 bits per heavy atom. The molecule has 3 aromatic rings. The van der Waals surface area contributed by atoms with Crippen LogP contribution in [0.4, 0.5) is 13.2 Å². The van der Waals surface area contributed by atoms with Crippen molar-refractivity contribution in [2.45, 2.75) is 11.1 Å². The van der Waals surface area contributed by atoms with Gasteiger partial charge in [-0.25, -0.2) is 13.4 Å². The van der Waals surface area contributed by atoms with Gasteiger partial charge in [-0.05, 0) is 30.3 Å². The molecule has 0 spiro atoms. The lowest BCUT2D eigenvalue weighted by Crippen LogP contribution is -2.12. The lowest BCUT2D eigenvalue weighted by Gasteiger charge is -2.12. The van der Waals surface area contributed by atoms with Crippen molar-refractivity contribution in [2.75, 3.05) is 6.26 Å². The molecule has 0 aliphatic carbocycles. The van der Waals surface area contributed by atoms with E-state index in [1.807, 2.05) is 0 Å². The SMILES string of the molecule is CS(=O)(=O)c1ccc(C(F)(F)F)cc1-c1nc2ccccc2c(=O)[nH]1. The molecule has 2 aromatic carbocycles. The highest BCUT2D eigenvalue weighted by molar-refractivity contribution is 7.90. The number of aromatic amines is 1. The number of H-pyrrole nitrogens is 1. The second-order valence-corrected chi connectivity index (χ2v) is 7.40. The number of fused-ring (bicyclic) bond motifs is 1. The third-order valence-corrected chi connectivity index (χ3v) is 4.73. The molecule has 0 radical (unpaired) electrons. The van der Waals surface area contributed by atoms with Gasteiger partial charge in [-0.3, -0.25) is 4.79 Å². The van der Waals surface area contributed by atoms with E-state index in [4.69, 9.17) is 0 Å². The molecule has 1 N–H and O–H groups in total. The molecule has 9 heteroatoms. The van der Waals surface area contributed by atoms with Crippen molar-refractivity contribution < 1.29 is 21.6 Å². The van der Waals surface area contributed by atoms with E-state index in [0.717, 1.165) is 12.3 Å². The summed E-state index contributed by atoms with van der Waals surface area (Å²) in [5, 5.41) is 0.249. The molecule has 1 heterocycles. The highest BCUT2D eigenvalue weighted by Gasteiger charge is 2.32. The third kappa shape index (κ3) is 3.27. The predicted molar refractivity (Wildman–Crippen MR) is 85.9 cm³/mol. The van der Waals surface area contributed by atoms with Crippen LogP contribution in [0.1, 0.15) is 5.56 Å². The summed E-state index contributed by atoms with van der Waals surface area (Å²) >= 11 is 0. The molecular formula is C16H11F3N2O3S. The lowest BCUT2D eigenvalue weighted by molar-refractivity contribution is -0.137. The monoisotopic (exact) mass is 368 g/mol. The molecule has 0 aliphatic heterocycles. The van der Waals surface area contributed by atoms with Crippen molar-refractivity contribution in [3.63, 3.8) is 0 Å². The van der Waals surface area contributed by atoms with E-state index in [1.165, 1.54) is 12.1 Å². The van der Waals surface area contributed by atoms with Gasteiger partial charge < -0.3 is 4.98 Å². The molecule has 0 amide bonds. The summed E-state index contributed by atoms with van der Waals surface area (Å²) in [4.78, 5) is 18.3. The first-order valence-electron chi connectivity index (χ1n) is 6.98. The minimum atomic E-state index is -4.66. The zero-order valence-electron chi connectivity index (χ0n) is 12.8. The maximum absolute atomic E-state index is 13.0. The Hall–Kier alpha value is -2.68. The molecule has 3 rings (SSSR count). The zero-order valence-corrected chi connectivity index (χ0v) is 13.6. The van der Waals surface area contributed by atoms with Gasteiger partial charge in [0.05, 0.1) is 21.4 Å². The topological polar surface area (TPSA) is 79.9 Å². The standard InChI is InChI=1S/C16H11F3N2O3S/c1-25(23,24)13-7-6-9(16(17,18)19)8-11(13)14-20-12-5-3-2-4-10(12)15(22)21-14/h2-8H,1H3,(H,20,21,22). The minimum Gasteiger partial charge on any atom is -0.306 e. The molecule has 0 atom stereocenters. The molecule has 0 saturated heterocycles. The summed E-state index contributed by atoms with van der Waals surface area (Å²) in [5.41, 5.74) is -1.67. The molecule has 25 heavy (non-hydrogen) atoms. The number of nitrogens with zero attached hydrogens (tertiary/aromatic N) is 1. The second kappa shape index (κ2) is 5.69. The van der Waals surface area contributed by atoms with Crippen molar-refractivity contribution in [3.05, 3.63) is 58.4 Å². The molecule has 0 saturated carbocycles. The van der Waals surface area contributed by atoms with Gasteiger partial charge in [0.15, 0.2) is 9.84 Å². The number of hydrogen-bond donors (Lipinski definition) is 1. The quantitative estimate of drug-likeness (QED) is 0.754. The summed E-state index contributed by atoms with van der Waals surface area (Å²) in [5.74, 6) is -0.241. The van der Waals surface area contributed by atoms with Gasteiger partial charge in [-0.15, -0.1) is 0 Å². The number of hydrogen-bond acceptors (Lipinski definition) is 4. The van der Waals surface area contributed by atoms with Crippen molar-refractivity contribution in [3.8, 4) is 11.4 Å². The van der Waals surface area contributed by atoms with Crippen molar-refractivity contribution in [1.82, 2.24) is 9.97 Å². The van der Waals surface area contributed by atoms with Gasteiger partial charge >= 0.3 is 6.18 Å². The fourth-order valence-corrected chi connectivity index (χ4v) is 3.30. The number of rotatable bonds is 2. The van der Waals surface area contributed by atoms with Crippen LogP contribution >= 0.6 is 0 Å². The smallest absolute Gasteiger partial charge is 0.306 e. The van der Waals surface area contributed by atoms with E-state index in [-0.39, 0.29) is 27.2 Å². The fraction of sp³-hybridized carbons (Fsp3) is 0.125. The Bertz CT molecular complexity index is 1140. The molecule has 130 valence electrons. The first-order valence-corrected chi connectivity index (χ1v) is 8.87. The minimum absolute atomic E-state index is 0.241. The van der Waals surface area contributed by atoms with E-state index in [0.29, 0.717) is 12.1 Å². The van der Waals surface area contributed by atoms with E-state index < -0.39 is 27.1 Å². The Labute approximate surface area is 140 Å².